The molecule has 0 radical (unpaired) electrons. The number of sulfone groups is 1. The summed E-state index contributed by atoms with van der Waals surface area (Å²) in [6.07, 6.45) is 3.16. The van der Waals surface area contributed by atoms with E-state index in [1.54, 1.807) is 6.07 Å². The summed E-state index contributed by atoms with van der Waals surface area (Å²) < 4.78 is 29.4. The maximum Gasteiger partial charge on any atom is 0.250 e. The van der Waals surface area contributed by atoms with E-state index in [1.165, 1.54) is 0 Å². The molecule has 1 aliphatic rings. The van der Waals surface area contributed by atoms with Crippen LogP contribution in [-0.4, -0.2) is 36.9 Å². The molecule has 0 unspecified atom stereocenters. The van der Waals surface area contributed by atoms with Crippen molar-refractivity contribution in [2.24, 2.45) is 5.73 Å². The van der Waals surface area contributed by atoms with Crippen LogP contribution >= 0.6 is 0 Å². The topological polar surface area (TPSA) is 102 Å². The molecule has 1 saturated heterocycles. The molecule has 0 atom stereocenters. The minimum Gasteiger partial charge on any atom is -0.491 e. The minimum atomic E-state index is -2.94. The fourth-order valence-electron chi connectivity index (χ4n) is 4.15. The molecular formula is C23H26N2O4S. The summed E-state index contributed by atoms with van der Waals surface area (Å²) >= 11 is 0. The molecule has 158 valence electrons. The van der Waals surface area contributed by atoms with Crippen LogP contribution < -0.4 is 10.5 Å². The summed E-state index contributed by atoms with van der Waals surface area (Å²) in [6, 6.07) is 11.6. The zero-order valence-corrected chi connectivity index (χ0v) is 18.0. The number of carbonyl (C=O) groups excluding carboxylic acids is 1. The first kappa shape index (κ1) is 20.5. The molecule has 2 aromatic carbocycles. The van der Waals surface area contributed by atoms with Crippen molar-refractivity contribution in [3.63, 3.8) is 0 Å². The highest BCUT2D eigenvalue weighted by atomic mass is 32.2. The molecule has 1 aliphatic heterocycles. The first-order valence-corrected chi connectivity index (χ1v) is 12.0. The number of carbonyl (C=O) groups is 1. The van der Waals surface area contributed by atoms with Crippen LogP contribution in [0.4, 0.5) is 0 Å². The van der Waals surface area contributed by atoms with Crippen LogP contribution in [0.15, 0.2) is 42.6 Å². The number of amides is 1. The third kappa shape index (κ3) is 4.07. The molecule has 3 N–H and O–H groups in total. The second-order valence-corrected chi connectivity index (χ2v) is 10.5. The van der Waals surface area contributed by atoms with Gasteiger partial charge in [0, 0.05) is 11.6 Å². The smallest absolute Gasteiger partial charge is 0.250 e. The number of nitrogens with one attached hydrogen (secondary N) is 1. The number of aromatic amines is 1. The van der Waals surface area contributed by atoms with Gasteiger partial charge in [-0.2, -0.15) is 0 Å². The van der Waals surface area contributed by atoms with Gasteiger partial charge in [-0.15, -0.1) is 0 Å². The van der Waals surface area contributed by atoms with Gasteiger partial charge in [-0.25, -0.2) is 8.42 Å². The summed E-state index contributed by atoms with van der Waals surface area (Å²) in [4.78, 5) is 15.3. The predicted molar refractivity (Wildman–Crippen MR) is 119 cm³/mol. The molecule has 0 aliphatic carbocycles. The van der Waals surface area contributed by atoms with Crippen molar-refractivity contribution in [3.05, 3.63) is 53.7 Å². The third-order valence-electron chi connectivity index (χ3n) is 5.64. The van der Waals surface area contributed by atoms with Gasteiger partial charge in [-0.05, 0) is 73.6 Å². The number of benzene rings is 2. The van der Waals surface area contributed by atoms with E-state index in [1.807, 2.05) is 44.3 Å². The summed E-state index contributed by atoms with van der Waals surface area (Å²) in [7, 11) is -2.94. The van der Waals surface area contributed by atoms with Crippen LogP contribution in [0.3, 0.4) is 0 Å². The molecule has 0 bridgehead atoms. The van der Waals surface area contributed by atoms with E-state index in [4.69, 9.17) is 10.5 Å². The minimum absolute atomic E-state index is 0.0930. The molecule has 3 aromatic rings. The average molecular weight is 427 g/mol. The van der Waals surface area contributed by atoms with Crippen LogP contribution in [0.1, 0.15) is 48.5 Å². The highest BCUT2D eigenvalue weighted by Gasteiger charge is 2.27. The van der Waals surface area contributed by atoms with Gasteiger partial charge in [-0.1, -0.05) is 12.1 Å². The van der Waals surface area contributed by atoms with Crippen LogP contribution in [0.25, 0.3) is 22.0 Å². The van der Waals surface area contributed by atoms with Crippen molar-refractivity contribution in [3.8, 4) is 16.9 Å². The largest absolute Gasteiger partial charge is 0.491 e. The van der Waals surface area contributed by atoms with Crippen LogP contribution in [0.2, 0.25) is 0 Å². The van der Waals surface area contributed by atoms with E-state index in [9.17, 15) is 13.2 Å². The summed E-state index contributed by atoms with van der Waals surface area (Å²) in [5.74, 6) is 0.825. The van der Waals surface area contributed by atoms with Crippen LogP contribution in [-0.2, 0) is 9.84 Å². The van der Waals surface area contributed by atoms with Gasteiger partial charge < -0.3 is 15.5 Å². The van der Waals surface area contributed by atoms with Gasteiger partial charge in [0.25, 0.3) is 5.91 Å². The van der Waals surface area contributed by atoms with Crippen molar-refractivity contribution < 1.29 is 17.9 Å². The lowest BCUT2D eigenvalue weighted by molar-refractivity contribution is 0.100. The Hall–Kier alpha value is -2.80. The van der Waals surface area contributed by atoms with Gasteiger partial charge in [0.2, 0.25) is 0 Å². The van der Waals surface area contributed by atoms with E-state index >= 15 is 0 Å². The molecule has 6 nitrogen and oxygen atoms in total. The van der Waals surface area contributed by atoms with E-state index in [2.05, 4.69) is 11.1 Å². The fourth-order valence-corrected chi connectivity index (χ4v) is 5.64. The lowest BCUT2D eigenvalue weighted by Crippen LogP contribution is -2.22. The van der Waals surface area contributed by atoms with Gasteiger partial charge in [0.05, 0.1) is 28.7 Å². The Balaban J connectivity index is 1.77. The number of ether oxygens (including phenoxy) is 1. The number of fused-ring (bicyclic) bond motifs is 1. The van der Waals surface area contributed by atoms with Crippen LogP contribution in [0, 0.1) is 0 Å². The summed E-state index contributed by atoms with van der Waals surface area (Å²) in [5.41, 5.74) is 9.69. The number of hydrogen-bond donors (Lipinski definition) is 2. The van der Waals surface area contributed by atoms with Crippen molar-refractivity contribution in [1.29, 1.82) is 0 Å². The fraction of sp³-hybridized carbons (Fsp3) is 0.348. The number of primary amides is 1. The average Bonchev–Trinajstić information content (AvgIpc) is 3.11. The molecular weight excluding hydrogens is 400 g/mol. The summed E-state index contributed by atoms with van der Waals surface area (Å²) in [5, 5.41) is 0.924. The number of nitrogens with two attached hydrogens (primary N) is 1. The Morgan fingerprint density at radius 1 is 1.10 bits per heavy atom. The van der Waals surface area contributed by atoms with Crippen molar-refractivity contribution in [2.75, 3.05) is 11.5 Å². The first-order chi connectivity index (χ1) is 14.2. The maximum atomic E-state index is 12.1. The molecule has 1 amide bonds. The molecule has 7 heteroatoms. The third-order valence-corrected chi connectivity index (χ3v) is 7.36. The van der Waals surface area contributed by atoms with Crippen LogP contribution in [0.5, 0.6) is 5.75 Å². The Bertz CT molecular complexity index is 1180. The monoisotopic (exact) mass is 426 g/mol. The van der Waals surface area contributed by atoms with Gasteiger partial charge in [0.1, 0.15) is 15.6 Å². The van der Waals surface area contributed by atoms with Crippen molar-refractivity contribution in [1.82, 2.24) is 4.98 Å². The van der Waals surface area contributed by atoms with E-state index < -0.39 is 15.7 Å². The lowest BCUT2D eigenvalue weighted by atomic mass is 9.91. The van der Waals surface area contributed by atoms with E-state index in [0.717, 1.165) is 27.8 Å². The lowest BCUT2D eigenvalue weighted by Gasteiger charge is -2.21. The molecule has 0 saturated carbocycles. The molecule has 1 aromatic heterocycles. The Morgan fingerprint density at radius 3 is 2.37 bits per heavy atom. The quantitative estimate of drug-likeness (QED) is 0.643. The maximum absolute atomic E-state index is 12.1. The second kappa shape index (κ2) is 7.80. The van der Waals surface area contributed by atoms with Crippen molar-refractivity contribution >= 4 is 26.6 Å². The highest BCUT2D eigenvalue weighted by molar-refractivity contribution is 7.91. The van der Waals surface area contributed by atoms with Gasteiger partial charge in [0.15, 0.2) is 0 Å². The Kier molecular flexibility index (Phi) is 5.32. The first-order valence-electron chi connectivity index (χ1n) is 10.2. The standard InChI is InChI=1S/C23H26N2O4S/c1-14(2)29-18-5-3-15(4-6-18)17-11-19-21(16-7-9-30(27,28)10-8-16)13-25-22(19)20(12-17)23(24)26/h3-6,11-14,16,25H,7-10H2,1-2H3,(H2,24,26). The number of H-pyrrole nitrogens is 1. The van der Waals surface area contributed by atoms with Crippen molar-refractivity contribution in [2.45, 2.75) is 38.7 Å². The molecule has 4 rings (SSSR count). The zero-order chi connectivity index (χ0) is 21.5. The predicted octanol–water partition coefficient (Wildman–Crippen LogP) is 4.01. The number of hydrogen-bond acceptors (Lipinski definition) is 4. The highest BCUT2D eigenvalue weighted by Crippen LogP contribution is 2.37. The van der Waals surface area contributed by atoms with Gasteiger partial charge >= 0.3 is 0 Å². The molecule has 1 fully saturated rings. The SMILES string of the molecule is CC(C)Oc1ccc(-c2cc(C(N)=O)c3[nH]cc(C4CCS(=O)(=O)CC4)c3c2)cc1. The Labute approximate surface area is 176 Å². The number of aromatic nitrogens is 1. The molecule has 30 heavy (non-hydrogen) atoms. The Morgan fingerprint density at radius 2 is 1.77 bits per heavy atom. The normalized spacial score (nSPS) is 16.8. The van der Waals surface area contributed by atoms with E-state index in [-0.39, 0.29) is 23.5 Å². The molecule has 0 spiro atoms. The number of rotatable bonds is 5. The second-order valence-electron chi connectivity index (χ2n) is 8.17. The molecule has 2 heterocycles. The van der Waals surface area contributed by atoms with Gasteiger partial charge in [-0.3, -0.25) is 4.79 Å². The summed E-state index contributed by atoms with van der Waals surface area (Å²) in [6.45, 7) is 3.95. The van der Waals surface area contributed by atoms with E-state index in [0.29, 0.717) is 23.9 Å². The zero-order valence-electron chi connectivity index (χ0n) is 17.1.